The molecule has 1 unspecified atom stereocenters. The first kappa shape index (κ1) is 16.1. The zero-order valence-electron chi connectivity index (χ0n) is 12.2. The van der Waals surface area contributed by atoms with Crippen LogP contribution < -0.4 is 5.32 Å². The molecule has 0 bridgehead atoms. The van der Waals surface area contributed by atoms with E-state index >= 15 is 0 Å². The molecule has 5 nitrogen and oxygen atoms in total. The predicted molar refractivity (Wildman–Crippen MR) is 78.4 cm³/mol. The third-order valence-electron chi connectivity index (χ3n) is 3.29. The summed E-state index contributed by atoms with van der Waals surface area (Å²) >= 11 is 0. The Morgan fingerprint density at radius 3 is 2.65 bits per heavy atom. The van der Waals surface area contributed by atoms with E-state index < -0.39 is 4.92 Å². The van der Waals surface area contributed by atoms with Crippen molar-refractivity contribution < 1.29 is 4.92 Å². The average Bonchev–Trinajstić information content (AvgIpc) is 2.42. The van der Waals surface area contributed by atoms with Crippen molar-refractivity contribution in [2.75, 3.05) is 6.54 Å². The minimum absolute atomic E-state index is 0.126. The van der Waals surface area contributed by atoms with E-state index in [0.29, 0.717) is 12.0 Å². The highest BCUT2D eigenvalue weighted by Gasteiger charge is 2.17. The summed E-state index contributed by atoms with van der Waals surface area (Å²) in [5.41, 5.74) is 0.957. The fourth-order valence-electron chi connectivity index (χ4n) is 2.09. The molecule has 1 atom stereocenters. The Bertz CT molecular complexity index is 506. The Balaban J connectivity index is 2.91. The molecule has 0 saturated carbocycles. The van der Waals surface area contributed by atoms with Gasteiger partial charge in [-0.05, 0) is 36.9 Å². The van der Waals surface area contributed by atoms with Crippen LogP contribution in [-0.2, 0) is 6.42 Å². The normalized spacial score (nSPS) is 12.2. The monoisotopic (exact) mass is 275 g/mol. The maximum atomic E-state index is 10.8. The molecule has 20 heavy (non-hydrogen) atoms. The van der Waals surface area contributed by atoms with E-state index in [1.165, 1.54) is 6.07 Å². The van der Waals surface area contributed by atoms with Crippen LogP contribution in [0.3, 0.4) is 0 Å². The predicted octanol–water partition coefficient (Wildman–Crippen LogP) is 3.03. The minimum Gasteiger partial charge on any atom is -0.313 e. The van der Waals surface area contributed by atoms with Crippen molar-refractivity contribution >= 4 is 5.69 Å². The van der Waals surface area contributed by atoms with Gasteiger partial charge in [-0.15, -0.1) is 0 Å². The van der Waals surface area contributed by atoms with Gasteiger partial charge in [0.1, 0.15) is 11.6 Å². The summed E-state index contributed by atoms with van der Waals surface area (Å²) in [6.07, 6.45) is 1.83. The quantitative estimate of drug-likeness (QED) is 0.612. The fraction of sp³-hybridized carbons (Fsp3) is 0.533. The average molecular weight is 275 g/mol. The smallest absolute Gasteiger partial charge is 0.287 e. The van der Waals surface area contributed by atoms with Crippen LogP contribution in [-0.4, -0.2) is 17.5 Å². The van der Waals surface area contributed by atoms with Gasteiger partial charge < -0.3 is 5.32 Å². The van der Waals surface area contributed by atoms with Gasteiger partial charge in [-0.25, -0.2) is 0 Å². The number of benzene rings is 1. The van der Waals surface area contributed by atoms with Gasteiger partial charge in [0.05, 0.1) is 4.92 Å². The van der Waals surface area contributed by atoms with E-state index in [1.807, 2.05) is 6.07 Å². The molecule has 0 fully saturated rings. The number of nitro groups is 1. The molecule has 108 valence electrons. The zero-order chi connectivity index (χ0) is 15.1. The Kier molecular flexibility index (Phi) is 6.13. The lowest BCUT2D eigenvalue weighted by Gasteiger charge is -2.22. The Labute approximate surface area is 119 Å². The fourth-order valence-corrected chi connectivity index (χ4v) is 2.09. The van der Waals surface area contributed by atoms with Crippen molar-refractivity contribution in [2.45, 2.75) is 39.7 Å². The van der Waals surface area contributed by atoms with Crippen LogP contribution in [0.5, 0.6) is 0 Å². The molecule has 1 rings (SSSR count). The largest absolute Gasteiger partial charge is 0.313 e. The van der Waals surface area contributed by atoms with Gasteiger partial charge in [-0.1, -0.05) is 26.8 Å². The molecular formula is C15H21N3O2. The van der Waals surface area contributed by atoms with Gasteiger partial charge in [0.15, 0.2) is 0 Å². The molecule has 0 radical (unpaired) electrons. The van der Waals surface area contributed by atoms with Gasteiger partial charge in [-0.2, -0.15) is 5.26 Å². The summed E-state index contributed by atoms with van der Waals surface area (Å²) < 4.78 is 0. The van der Waals surface area contributed by atoms with Gasteiger partial charge in [0, 0.05) is 12.1 Å². The number of nitro benzene ring substituents is 1. The first-order valence-electron chi connectivity index (χ1n) is 6.90. The number of rotatable bonds is 7. The van der Waals surface area contributed by atoms with Crippen LogP contribution in [0, 0.1) is 27.4 Å². The van der Waals surface area contributed by atoms with Crippen LogP contribution in [0.1, 0.15) is 38.3 Å². The maximum absolute atomic E-state index is 10.8. The van der Waals surface area contributed by atoms with E-state index in [1.54, 1.807) is 12.1 Å². The second kappa shape index (κ2) is 7.61. The highest BCUT2D eigenvalue weighted by molar-refractivity contribution is 5.50. The highest BCUT2D eigenvalue weighted by Crippen LogP contribution is 2.20. The molecule has 0 heterocycles. The molecule has 1 aromatic carbocycles. The highest BCUT2D eigenvalue weighted by atomic mass is 16.6. The molecular weight excluding hydrogens is 254 g/mol. The summed E-state index contributed by atoms with van der Waals surface area (Å²) in [7, 11) is 0. The Morgan fingerprint density at radius 1 is 1.45 bits per heavy atom. The first-order valence-corrected chi connectivity index (χ1v) is 6.90. The van der Waals surface area contributed by atoms with E-state index in [9.17, 15) is 10.1 Å². The van der Waals surface area contributed by atoms with Crippen molar-refractivity contribution in [1.29, 1.82) is 5.26 Å². The zero-order valence-corrected chi connectivity index (χ0v) is 12.2. The summed E-state index contributed by atoms with van der Waals surface area (Å²) in [5.74, 6) is 0.460. The molecule has 0 aliphatic rings. The van der Waals surface area contributed by atoms with Crippen molar-refractivity contribution in [2.24, 2.45) is 5.92 Å². The SMILES string of the molecule is CCCNC(Cc1ccc([N+](=O)[O-])c(C#N)c1)C(C)C. The number of hydrogen-bond donors (Lipinski definition) is 1. The topological polar surface area (TPSA) is 79.0 Å². The second-order valence-corrected chi connectivity index (χ2v) is 5.23. The molecule has 1 aromatic rings. The number of nitrogens with zero attached hydrogens (tertiary/aromatic N) is 2. The first-order chi connectivity index (χ1) is 9.49. The van der Waals surface area contributed by atoms with Crippen LogP contribution in [0.15, 0.2) is 18.2 Å². The van der Waals surface area contributed by atoms with Gasteiger partial charge >= 0.3 is 0 Å². The lowest BCUT2D eigenvalue weighted by Crippen LogP contribution is -2.36. The molecule has 1 N–H and O–H groups in total. The molecule has 0 amide bonds. The van der Waals surface area contributed by atoms with E-state index in [-0.39, 0.29) is 11.3 Å². The van der Waals surface area contributed by atoms with E-state index in [4.69, 9.17) is 5.26 Å². The Hall–Kier alpha value is -1.93. The molecule has 0 aliphatic heterocycles. The molecule has 0 saturated heterocycles. The summed E-state index contributed by atoms with van der Waals surface area (Å²) in [5, 5.41) is 23.3. The standard InChI is InChI=1S/C15H21N3O2/c1-4-7-17-14(11(2)3)9-12-5-6-15(18(19)20)13(8-12)10-16/h5-6,8,11,14,17H,4,7,9H2,1-3H3. The third kappa shape index (κ3) is 4.32. The number of nitriles is 1. The van der Waals surface area contributed by atoms with Crippen molar-refractivity contribution in [3.63, 3.8) is 0 Å². The lowest BCUT2D eigenvalue weighted by molar-refractivity contribution is -0.385. The molecule has 0 aromatic heterocycles. The van der Waals surface area contributed by atoms with Crippen molar-refractivity contribution in [3.8, 4) is 6.07 Å². The number of hydrogen-bond acceptors (Lipinski definition) is 4. The molecule has 5 heteroatoms. The minimum atomic E-state index is -0.516. The summed E-state index contributed by atoms with van der Waals surface area (Å²) in [4.78, 5) is 10.3. The molecule has 0 aliphatic carbocycles. The molecule has 0 spiro atoms. The van der Waals surface area contributed by atoms with Gasteiger partial charge in [0.2, 0.25) is 0 Å². The van der Waals surface area contributed by atoms with E-state index in [0.717, 1.165) is 24.9 Å². The van der Waals surface area contributed by atoms with Gasteiger partial charge in [-0.3, -0.25) is 10.1 Å². The summed E-state index contributed by atoms with van der Waals surface area (Å²) in [6.45, 7) is 7.35. The second-order valence-electron chi connectivity index (χ2n) is 5.23. The van der Waals surface area contributed by atoms with Crippen LogP contribution in [0.25, 0.3) is 0 Å². The Morgan fingerprint density at radius 2 is 2.15 bits per heavy atom. The third-order valence-corrected chi connectivity index (χ3v) is 3.29. The maximum Gasteiger partial charge on any atom is 0.287 e. The van der Waals surface area contributed by atoms with Gasteiger partial charge in [0.25, 0.3) is 5.69 Å². The van der Waals surface area contributed by atoms with E-state index in [2.05, 4.69) is 26.1 Å². The van der Waals surface area contributed by atoms with Crippen LogP contribution >= 0.6 is 0 Å². The van der Waals surface area contributed by atoms with Crippen LogP contribution in [0.4, 0.5) is 5.69 Å². The summed E-state index contributed by atoms with van der Waals surface area (Å²) in [6, 6.07) is 7.00. The van der Waals surface area contributed by atoms with Crippen molar-refractivity contribution in [1.82, 2.24) is 5.32 Å². The van der Waals surface area contributed by atoms with Crippen molar-refractivity contribution in [3.05, 3.63) is 39.4 Å². The lowest BCUT2D eigenvalue weighted by atomic mass is 9.95. The number of nitrogens with one attached hydrogen (secondary N) is 1. The van der Waals surface area contributed by atoms with Crippen LogP contribution in [0.2, 0.25) is 0 Å².